The van der Waals surface area contributed by atoms with Gasteiger partial charge in [-0.05, 0) is 36.1 Å². The fraction of sp³-hybridized carbons (Fsp3) is 0.250. The van der Waals surface area contributed by atoms with Gasteiger partial charge in [0.1, 0.15) is 0 Å². The van der Waals surface area contributed by atoms with Crippen LogP contribution in [0.25, 0.3) is 11.5 Å². The van der Waals surface area contributed by atoms with Crippen LogP contribution in [0, 0.1) is 0 Å². The Kier molecular flexibility index (Phi) is 6.07. The molecular formula is C20H21N3O2S. The predicted molar refractivity (Wildman–Crippen MR) is 104 cm³/mol. The van der Waals surface area contributed by atoms with Crippen LogP contribution in [0.2, 0.25) is 0 Å². The van der Waals surface area contributed by atoms with E-state index in [0.717, 1.165) is 23.2 Å². The van der Waals surface area contributed by atoms with Crippen LogP contribution in [0.4, 0.5) is 5.69 Å². The quantitative estimate of drug-likeness (QED) is 0.596. The van der Waals surface area contributed by atoms with Crippen molar-refractivity contribution in [1.82, 2.24) is 10.2 Å². The number of thioether (sulfide) groups is 1. The molecule has 1 aromatic heterocycles. The van der Waals surface area contributed by atoms with Gasteiger partial charge in [-0.2, -0.15) is 0 Å². The number of nitrogens with one attached hydrogen (secondary N) is 1. The van der Waals surface area contributed by atoms with Crippen molar-refractivity contribution in [3.05, 3.63) is 60.2 Å². The van der Waals surface area contributed by atoms with E-state index in [4.69, 9.17) is 4.42 Å². The van der Waals surface area contributed by atoms with Gasteiger partial charge in [-0.15, -0.1) is 10.2 Å². The lowest BCUT2D eigenvalue weighted by Gasteiger charge is -2.15. The van der Waals surface area contributed by atoms with Crippen molar-refractivity contribution in [2.45, 2.75) is 31.4 Å². The van der Waals surface area contributed by atoms with Crippen molar-refractivity contribution in [3.63, 3.8) is 0 Å². The number of nitrogens with zero attached hydrogens (tertiary/aromatic N) is 2. The minimum atomic E-state index is -0.0924. The van der Waals surface area contributed by atoms with Crippen molar-refractivity contribution in [2.75, 3.05) is 11.1 Å². The van der Waals surface area contributed by atoms with Crippen LogP contribution in [0.3, 0.4) is 0 Å². The molecule has 2 aromatic carbocycles. The Morgan fingerprint density at radius 2 is 1.85 bits per heavy atom. The van der Waals surface area contributed by atoms with Gasteiger partial charge in [0.15, 0.2) is 0 Å². The minimum Gasteiger partial charge on any atom is -0.411 e. The van der Waals surface area contributed by atoms with Gasteiger partial charge in [-0.1, -0.05) is 62.0 Å². The number of hydrogen-bond acceptors (Lipinski definition) is 5. The van der Waals surface area contributed by atoms with Crippen LogP contribution in [-0.4, -0.2) is 21.9 Å². The van der Waals surface area contributed by atoms with Crippen molar-refractivity contribution in [3.8, 4) is 11.5 Å². The molecule has 0 bridgehead atoms. The van der Waals surface area contributed by atoms with E-state index in [-0.39, 0.29) is 11.7 Å². The SMILES string of the molecule is CCC(C)c1ccccc1NC(=O)CSc1nnc(-c2ccccc2)o1. The van der Waals surface area contributed by atoms with Crippen LogP contribution < -0.4 is 5.32 Å². The van der Waals surface area contributed by atoms with Crippen molar-refractivity contribution in [2.24, 2.45) is 0 Å². The fourth-order valence-electron chi connectivity index (χ4n) is 2.54. The monoisotopic (exact) mass is 367 g/mol. The molecule has 0 spiro atoms. The highest BCUT2D eigenvalue weighted by atomic mass is 32.2. The molecule has 1 atom stereocenters. The van der Waals surface area contributed by atoms with E-state index in [2.05, 4.69) is 35.4 Å². The number of rotatable bonds is 7. The highest BCUT2D eigenvalue weighted by Crippen LogP contribution is 2.27. The third kappa shape index (κ3) is 4.52. The van der Waals surface area contributed by atoms with E-state index in [0.29, 0.717) is 17.0 Å². The molecule has 0 fully saturated rings. The highest BCUT2D eigenvalue weighted by molar-refractivity contribution is 7.99. The summed E-state index contributed by atoms with van der Waals surface area (Å²) in [5.41, 5.74) is 2.87. The Balaban J connectivity index is 1.59. The van der Waals surface area contributed by atoms with Gasteiger partial charge < -0.3 is 9.73 Å². The van der Waals surface area contributed by atoms with Gasteiger partial charge >= 0.3 is 0 Å². The Bertz CT molecular complexity index is 864. The first-order valence-electron chi connectivity index (χ1n) is 8.58. The van der Waals surface area contributed by atoms with Crippen LogP contribution in [-0.2, 0) is 4.79 Å². The molecule has 0 radical (unpaired) electrons. The lowest BCUT2D eigenvalue weighted by Crippen LogP contribution is -2.15. The van der Waals surface area contributed by atoms with Gasteiger partial charge in [0.25, 0.3) is 5.22 Å². The average molecular weight is 367 g/mol. The summed E-state index contributed by atoms with van der Waals surface area (Å²) in [4.78, 5) is 12.3. The Morgan fingerprint density at radius 3 is 2.62 bits per heavy atom. The van der Waals surface area contributed by atoms with Gasteiger partial charge in [0, 0.05) is 11.3 Å². The normalized spacial score (nSPS) is 11.9. The van der Waals surface area contributed by atoms with Crippen molar-refractivity contribution in [1.29, 1.82) is 0 Å². The molecule has 0 aliphatic carbocycles. The average Bonchev–Trinajstić information content (AvgIpc) is 3.16. The maximum atomic E-state index is 12.3. The molecule has 0 saturated carbocycles. The zero-order valence-corrected chi connectivity index (χ0v) is 15.6. The van der Waals surface area contributed by atoms with E-state index in [1.165, 1.54) is 11.8 Å². The molecule has 1 unspecified atom stereocenters. The van der Waals surface area contributed by atoms with Gasteiger partial charge in [-0.3, -0.25) is 4.79 Å². The van der Waals surface area contributed by atoms with E-state index in [1.54, 1.807) is 0 Å². The molecule has 0 saturated heterocycles. The summed E-state index contributed by atoms with van der Waals surface area (Å²) >= 11 is 1.23. The van der Waals surface area contributed by atoms with Crippen molar-refractivity contribution < 1.29 is 9.21 Å². The lowest BCUT2D eigenvalue weighted by molar-refractivity contribution is -0.113. The molecule has 0 aliphatic heterocycles. The number of benzene rings is 2. The molecule has 6 heteroatoms. The number of carbonyl (C=O) groups is 1. The second kappa shape index (κ2) is 8.67. The number of para-hydroxylation sites is 1. The topological polar surface area (TPSA) is 68.0 Å². The third-order valence-electron chi connectivity index (χ3n) is 4.13. The summed E-state index contributed by atoms with van der Waals surface area (Å²) in [6.07, 6.45) is 1.02. The lowest BCUT2D eigenvalue weighted by atomic mass is 9.97. The standard InChI is InChI=1S/C20H21N3O2S/c1-3-14(2)16-11-7-8-12-17(16)21-18(24)13-26-20-23-22-19(25-20)15-9-5-4-6-10-15/h4-12,14H,3,13H2,1-2H3,(H,21,24). The molecule has 3 rings (SSSR count). The summed E-state index contributed by atoms with van der Waals surface area (Å²) in [5, 5.41) is 11.4. The van der Waals surface area contributed by atoms with Crippen LogP contribution in [0.1, 0.15) is 31.7 Å². The summed E-state index contributed by atoms with van der Waals surface area (Å²) in [6, 6.07) is 17.5. The number of anilines is 1. The van der Waals surface area contributed by atoms with Crippen LogP contribution >= 0.6 is 11.8 Å². The molecule has 0 aliphatic rings. The molecule has 26 heavy (non-hydrogen) atoms. The maximum absolute atomic E-state index is 12.3. The summed E-state index contributed by atoms with van der Waals surface area (Å²) in [6.45, 7) is 4.29. The van der Waals surface area contributed by atoms with E-state index in [1.807, 2.05) is 48.5 Å². The zero-order valence-electron chi connectivity index (χ0n) is 14.8. The first kappa shape index (κ1) is 18.2. The smallest absolute Gasteiger partial charge is 0.277 e. The van der Waals surface area contributed by atoms with Crippen molar-refractivity contribution >= 4 is 23.4 Å². The molecule has 1 heterocycles. The van der Waals surface area contributed by atoms with Gasteiger partial charge in [0.05, 0.1) is 5.75 Å². The molecule has 1 amide bonds. The van der Waals surface area contributed by atoms with E-state index >= 15 is 0 Å². The largest absolute Gasteiger partial charge is 0.411 e. The number of carbonyl (C=O) groups excluding carboxylic acids is 1. The Labute approximate surface area is 157 Å². The first-order valence-corrected chi connectivity index (χ1v) is 9.56. The Hall–Kier alpha value is -2.60. The third-order valence-corrected chi connectivity index (χ3v) is 4.95. The molecule has 3 aromatic rings. The second-order valence-electron chi connectivity index (χ2n) is 5.97. The molecule has 5 nitrogen and oxygen atoms in total. The van der Waals surface area contributed by atoms with Gasteiger partial charge in [0.2, 0.25) is 11.8 Å². The van der Waals surface area contributed by atoms with Crippen LogP contribution in [0.5, 0.6) is 0 Å². The van der Waals surface area contributed by atoms with E-state index < -0.39 is 0 Å². The number of amides is 1. The second-order valence-corrected chi connectivity index (χ2v) is 6.90. The Morgan fingerprint density at radius 1 is 1.12 bits per heavy atom. The maximum Gasteiger partial charge on any atom is 0.277 e. The minimum absolute atomic E-state index is 0.0924. The number of hydrogen-bond donors (Lipinski definition) is 1. The number of aromatic nitrogens is 2. The molecule has 1 N–H and O–H groups in total. The van der Waals surface area contributed by atoms with Crippen LogP contribution in [0.15, 0.2) is 64.2 Å². The predicted octanol–water partition coefficient (Wildman–Crippen LogP) is 4.98. The highest BCUT2D eigenvalue weighted by Gasteiger charge is 2.13. The first-order chi connectivity index (χ1) is 12.7. The summed E-state index contributed by atoms with van der Waals surface area (Å²) < 4.78 is 5.61. The van der Waals surface area contributed by atoms with Gasteiger partial charge in [-0.25, -0.2) is 0 Å². The molecule has 134 valence electrons. The fourth-order valence-corrected chi connectivity index (χ4v) is 3.10. The zero-order chi connectivity index (χ0) is 18.4. The van der Waals surface area contributed by atoms with E-state index in [9.17, 15) is 4.79 Å². The molecular weight excluding hydrogens is 346 g/mol. The summed E-state index contributed by atoms with van der Waals surface area (Å²) in [5.74, 6) is 0.968. The summed E-state index contributed by atoms with van der Waals surface area (Å²) in [7, 11) is 0.